The van der Waals surface area contributed by atoms with Crippen molar-refractivity contribution in [1.29, 1.82) is 0 Å². The predicted molar refractivity (Wildman–Crippen MR) is 128 cm³/mol. The van der Waals surface area contributed by atoms with E-state index < -0.39 is 0 Å². The minimum absolute atomic E-state index is 0.0449. The monoisotopic (exact) mass is 412 g/mol. The van der Waals surface area contributed by atoms with Gasteiger partial charge in [0.05, 0.1) is 6.10 Å². The van der Waals surface area contributed by atoms with E-state index in [4.69, 9.17) is 0 Å². The van der Waals surface area contributed by atoms with Gasteiger partial charge in [-0.25, -0.2) is 0 Å². The van der Waals surface area contributed by atoms with Gasteiger partial charge < -0.3 is 5.11 Å². The highest BCUT2D eigenvalue weighted by Crippen LogP contribution is 2.67. The maximum Gasteiger partial charge on any atom is 0.0543 e. The Morgan fingerprint density at radius 3 is 2.47 bits per heavy atom. The highest BCUT2D eigenvalue weighted by molar-refractivity contribution is 5.27. The van der Waals surface area contributed by atoms with Gasteiger partial charge in [0.15, 0.2) is 0 Å². The highest BCUT2D eigenvalue weighted by Gasteiger charge is 2.58. The Morgan fingerprint density at radius 1 is 1.07 bits per heavy atom. The molecule has 0 spiro atoms. The molecular weight excluding hydrogens is 364 g/mol. The van der Waals surface area contributed by atoms with Crippen molar-refractivity contribution in [2.45, 2.75) is 112 Å². The van der Waals surface area contributed by atoms with Crippen LogP contribution in [0.5, 0.6) is 0 Å². The SMILES string of the molecule is CC=C(CCC(C)C1CCC2C3=CCC4CC(O)CCC4(C)C3CCC21C)C(C)C. The van der Waals surface area contributed by atoms with Gasteiger partial charge in [-0.15, -0.1) is 0 Å². The summed E-state index contributed by atoms with van der Waals surface area (Å²) < 4.78 is 0. The van der Waals surface area contributed by atoms with Crippen LogP contribution in [0.3, 0.4) is 0 Å². The summed E-state index contributed by atoms with van der Waals surface area (Å²) in [4.78, 5) is 0. The molecule has 3 fully saturated rings. The molecule has 8 unspecified atom stereocenters. The van der Waals surface area contributed by atoms with Gasteiger partial charge >= 0.3 is 0 Å². The summed E-state index contributed by atoms with van der Waals surface area (Å²) in [5, 5.41) is 10.3. The first-order valence-electron chi connectivity index (χ1n) is 13.2. The van der Waals surface area contributed by atoms with Crippen LogP contribution in [0.15, 0.2) is 23.3 Å². The zero-order valence-electron chi connectivity index (χ0n) is 20.7. The predicted octanol–water partition coefficient (Wildman–Crippen LogP) is 7.94. The van der Waals surface area contributed by atoms with Crippen LogP contribution in [0, 0.1) is 46.3 Å². The van der Waals surface area contributed by atoms with Crippen molar-refractivity contribution in [3.63, 3.8) is 0 Å². The Hall–Kier alpha value is -0.560. The van der Waals surface area contributed by atoms with Crippen molar-refractivity contribution in [3.8, 4) is 0 Å². The number of fused-ring (bicyclic) bond motifs is 5. The molecule has 0 heterocycles. The lowest BCUT2D eigenvalue weighted by atomic mass is 9.47. The molecule has 30 heavy (non-hydrogen) atoms. The Kier molecular flexibility index (Phi) is 6.35. The first-order chi connectivity index (χ1) is 14.2. The van der Waals surface area contributed by atoms with E-state index in [1.165, 1.54) is 51.4 Å². The third kappa shape index (κ3) is 3.66. The van der Waals surface area contributed by atoms with Gasteiger partial charge in [0, 0.05) is 0 Å². The maximum absolute atomic E-state index is 10.3. The van der Waals surface area contributed by atoms with E-state index in [0.717, 1.165) is 36.5 Å². The molecule has 1 N–H and O–H groups in total. The molecule has 0 radical (unpaired) electrons. The van der Waals surface area contributed by atoms with Crippen molar-refractivity contribution in [2.24, 2.45) is 46.3 Å². The van der Waals surface area contributed by atoms with Crippen molar-refractivity contribution in [1.82, 2.24) is 0 Å². The average Bonchev–Trinajstić information content (AvgIpc) is 3.06. The highest BCUT2D eigenvalue weighted by atomic mass is 16.3. The van der Waals surface area contributed by atoms with Crippen LogP contribution < -0.4 is 0 Å². The van der Waals surface area contributed by atoms with Gasteiger partial charge in [0.2, 0.25) is 0 Å². The summed E-state index contributed by atoms with van der Waals surface area (Å²) in [5.74, 6) is 4.77. The van der Waals surface area contributed by atoms with Crippen LogP contribution in [0.25, 0.3) is 0 Å². The zero-order chi connectivity index (χ0) is 21.7. The van der Waals surface area contributed by atoms with E-state index in [2.05, 4.69) is 53.7 Å². The lowest BCUT2D eigenvalue weighted by Gasteiger charge is -2.57. The standard InChI is InChI=1S/C29H48O/c1-7-21(19(2)3)9-8-20(4)25-12-13-26-24-11-10-22-18-23(30)14-16-28(22,5)27(24)15-17-29(25,26)6/h7,11,19-20,22-23,25-27,30H,8-10,12-18H2,1-6H3. The average molecular weight is 413 g/mol. The fraction of sp³-hybridized carbons (Fsp3) is 0.862. The molecule has 0 aromatic carbocycles. The summed E-state index contributed by atoms with van der Waals surface area (Å²) in [6.45, 7) is 14.7. The first-order valence-corrected chi connectivity index (χ1v) is 13.2. The lowest BCUT2D eigenvalue weighted by molar-refractivity contribution is -0.0427. The third-order valence-corrected chi connectivity index (χ3v) is 10.8. The molecule has 1 nitrogen and oxygen atoms in total. The number of allylic oxidation sites excluding steroid dienone is 4. The second-order valence-electron chi connectivity index (χ2n) is 12.4. The summed E-state index contributed by atoms with van der Waals surface area (Å²) in [7, 11) is 0. The van der Waals surface area contributed by atoms with E-state index in [-0.39, 0.29) is 6.10 Å². The molecule has 3 saturated carbocycles. The van der Waals surface area contributed by atoms with Crippen molar-refractivity contribution < 1.29 is 5.11 Å². The van der Waals surface area contributed by atoms with Crippen LogP contribution in [0.4, 0.5) is 0 Å². The number of hydrogen-bond donors (Lipinski definition) is 1. The molecule has 0 saturated heterocycles. The normalized spacial score (nSPS) is 44.9. The van der Waals surface area contributed by atoms with Crippen LogP contribution in [-0.2, 0) is 0 Å². The summed E-state index contributed by atoms with van der Waals surface area (Å²) in [6, 6.07) is 0. The second kappa shape index (κ2) is 8.42. The Bertz CT molecular complexity index is 686. The van der Waals surface area contributed by atoms with Gasteiger partial charge in [0.25, 0.3) is 0 Å². The number of aliphatic hydroxyl groups excluding tert-OH is 1. The van der Waals surface area contributed by atoms with E-state index in [1.54, 1.807) is 5.57 Å². The quantitative estimate of drug-likeness (QED) is 0.454. The summed E-state index contributed by atoms with van der Waals surface area (Å²) in [6.07, 6.45) is 17.9. The summed E-state index contributed by atoms with van der Waals surface area (Å²) in [5.41, 5.74) is 4.49. The van der Waals surface area contributed by atoms with Crippen molar-refractivity contribution >= 4 is 0 Å². The Balaban J connectivity index is 1.50. The van der Waals surface area contributed by atoms with E-state index in [1.807, 2.05) is 5.57 Å². The van der Waals surface area contributed by atoms with Crippen LogP contribution in [-0.4, -0.2) is 11.2 Å². The minimum Gasteiger partial charge on any atom is -0.393 e. The van der Waals surface area contributed by atoms with Crippen LogP contribution >= 0.6 is 0 Å². The second-order valence-corrected chi connectivity index (χ2v) is 12.4. The molecule has 0 bridgehead atoms. The van der Waals surface area contributed by atoms with Crippen molar-refractivity contribution in [3.05, 3.63) is 23.3 Å². The Morgan fingerprint density at radius 2 is 1.77 bits per heavy atom. The molecule has 4 aliphatic carbocycles. The topological polar surface area (TPSA) is 20.2 Å². The zero-order valence-corrected chi connectivity index (χ0v) is 20.7. The van der Waals surface area contributed by atoms with Gasteiger partial charge in [-0.2, -0.15) is 0 Å². The van der Waals surface area contributed by atoms with Gasteiger partial charge in [-0.05, 0) is 117 Å². The smallest absolute Gasteiger partial charge is 0.0543 e. The van der Waals surface area contributed by atoms with Gasteiger partial charge in [-0.3, -0.25) is 0 Å². The Labute approximate surface area is 186 Å². The molecule has 4 aliphatic rings. The van der Waals surface area contributed by atoms with E-state index in [9.17, 15) is 5.11 Å². The number of hydrogen-bond acceptors (Lipinski definition) is 1. The van der Waals surface area contributed by atoms with Crippen LogP contribution in [0.2, 0.25) is 0 Å². The van der Waals surface area contributed by atoms with Gasteiger partial charge in [0.1, 0.15) is 0 Å². The first kappa shape index (κ1) is 22.6. The molecule has 4 rings (SSSR count). The fourth-order valence-electron chi connectivity index (χ4n) is 8.83. The largest absolute Gasteiger partial charge is 0.393 e. The lowest BCUT2D eigenvalue weighted by Crippen LogP contribution is -2.49. The molecule has 8 atom stereocenters. The van der Waals surface area contributed by atoms with E-state index in [0.29, 0.717) is 22.7 Å². The third-order valence-electron chi connectivity index (χ3n) is 10.8. The fourth-order valence-corrected chi connectivity index (χ4v) is 8.83. The molecule has 1 heteroatoms. The number of aliphatic hydroxyl groups is 1. The minimum atomic E-state index is -0.0449. The molecule has 0 aromatic heterocycles. The molecule has 0 aliphatic heterocycles. The molecular formula is C29H48O. The summed E-state index contributed by atoms with van der Waals surface area (Å²) >= 11 is 0. The van der Waals surface area contributed by atoms with Crippen LogP contribution in [0.1, 0.15) is 106 Å². The molecule has 170 valence electrons. The van der Waals surface area contributed by atoms with Crippen molar-refractivity contribution in [2.75, 3.05) is 0 Å². The van der Waals surface area contributed by atoms with E-state index >= 15 is 0 Å². The van der Waals surface area contributed by atoms with Gasteiger partial charge in [-0.1, -0.05) is 57.9 Å². The maximum atomic E-state index is 10.3. The number of rotatable bonds is 5. The molecule has 0 amide bonds. The molecule has 0 aromatic rings.